The molecule has 1 aliphatic carbocycles. The van der Waals surface area contributed by atoms with Crippen LogP contribution in [0.1, 0.15) is 12.8 Å². The minimum atomic E-state index is 0.149. The van der Waals surface area contributed by atoms with Crippen LogP contribution >= 0.6 is 0 Å². The highest BCUT2D eigenvalue weighted by Crippen LogP contribution is 2.18. The van der Waals surface area contributed by atoms with Crippen molar-refractivity contribution in [2.45, 2.75) is 18.9 Å². The first-order valence-corrected chi connectivity index (χ1v) is 9.25. The van der Waals surface area contributed by atoms with E-state index in [1.807, 2.05) is 12.1 Å². The van der Waals surface area contributed by atoms with Gasteiger partial charge in [0.25, 0.3) is 0 Å². The molecule has 0 spiro atoms. The molecule has 26 heavy (non-hydrogen) atoms. The molecule has 2 heterocycles. The molecule has 0 unspecified atom stereocenters. The van der Waals surface area contributed by atoms with Crippen LogP contribution in [0, 0.1) is 0 Å². The zero-order chi connectivity index (χ0) is 18.2. The number of aliphatic imine (C=N–C) groups is 1. The third-order valence-electron chi connectivity index (χ3n) is 4.48. The molecule has 1 saturated carbocycles. The van der Waals surface area contributed by atoms with E-state index in [1.165, 1.54) is 0 Å². The number of nitrogens with zero attached hydrogens (tertiary/aromatic N) is 4. The van der Waals surface area contributed by atoms with E-state index in [-0.39, 0.29) is 5.91 Å². The van der Waals surface area contributed by atoms with Crippen LogP contribution in [0.4, 0.5) is 0 Å². The number of ether oxygens (including phenoxy) is 1. The van der Waals surface area contributed by atoms with Crippen LogP contribution in [0.15, 0.2) is 29.5 Å². The maximum absolute atomic E-state index is 11.9. The Morgan fingerprint density at radius 2 is 2.15 bits per heavy atom. The molecule has 0 aromatic carbocycles. The van der Waals surface area contributed by atoms with Crippen LogP contribution in [-0.4, -0.2) is 85.6 Å². The van der Waals surface area contributed by atoms with Crippen molar-refractivity contribution in [1.82, 2.24) is 25.4 Å². The monoisotopic (exact) mass is 360 g/mol. The first kappa shape index (κ1) is 18.4. The predicted octanol–water partition coefficient (Wildman–Crippen LogP) is -0.0680. The van der Waals surface area contributed by atoms with Gasteiger partial charge in [-0.2, -0.15) is 0 Å². The van der Waals surface area contributed by atoms with Crippen LogP contribution < -0.4 is 15.4 Å². The third-order valence-corrected chi connectivity index (χ3v) is 4.48. The number of hydrogen-bond acceptors (Lipinski definition) is 5. The van der Waals surface area contributed by atoms with Crippen molar-refractivity contribution < 1.29 is 9.53 Å². The van der Waals surface area contributed by atoms with Gasteiger partial charge in [-0.15, -0.1) is 0 Å². The SMILES string of the molecule is CN=C(NCCOc1cccnc1)N1CCN(CC(=O)NC2CC2)CC1. The van der Waals surface area contributed by atoms with Gasteiger partial charge in [0.05, 0.1) is 19.3 Å². The zero-order valence-electron chi connectivity index (χ0n) is 15.4. The van der Waals surface area contributed by atoms with Crippen LogP contribution in [0.2, 0.25) is 0 Å². The molecule has 142 valence electrons. The fourth-order valence-corrected chi connectivity index (χ4v) is 2.92. The van der Waals surface area contributed by atoms with Gasteiger partial charge >= 0.3 is 0 Å². The Bertz CT molecular complexity index is 597. The number of aromatic nitrogens is 1. The Balaban J connectivity index is 1.33. The number of rotatable bonds is 7. The van der Waals surface area contributed by atoms with Gasteiger partial charge in [-0.1, -0.05) is 0 Å². The number of pyridine rings is 1. The number of piperazine rings is 1. The molecule has 2 fully saturated rings. The van der Waals surface area contributed by atoms with Crippen molar-refractivity contribution in [2.24, 2.45) is 4.99 Å². The molecule has 1 aromatic heterocycles. The van der Waals surface area contributed by atoms with Gasteiger partial charge in [0.2, 0.25) is 5.91 Å². The number of guanidine groups is 1. The molecular weight excluding hydrogens is 332 g/mol. The Labute approximate surface area is 154 Å². The van der Waals surface area contributed by atoms with Crippen molar-refractivity contribution in [3.63, 3.8) is 0 Å². The van der Waals surface area contributed by atoms with Crippen molar-refractivity contribution >= 4 is 11.9 Å². The molecule has 0 radical (unpaired) electrons. The largest absolute Gasteiger partial charge is 0.490 e. The highest BCUT2D eigenvalue weighted by Gasteiger charge is 2.25. The molecule has 2 N–H and O–H groups in total. The van der Waals surface area contributed by atoms with Crippen LogP contribution in [0.5, 0.6) is 5.75 Å². The highest BCUT2D eigenvalue weighted by atomic mass is 16.5. The lowest BCUT2D eigenvalue weighted by molar-refractivity contribution is -0.122. The Morgan fingerprint density at radius 3 is 2.81 bits per heavy atom. The summed E-state index contributed by atoms with van der Waals surface area (Å²) in [6.45, 7) is 5.17. The van der Waals surface area contributed by atoms with Gasteiger partial charge in [-0.25, -0.2) is 0 Å². The predicted molar refractivity (Wildman–Crippen MR) is 100 cm³/mol. The Hall–Kier alpha value is -2.35. The van der Waals surface area contributed by atoms with E-state index in [4.69, 9.17) is 4.74 Å². The topological polar surface area (TPSA) is 82.1 Å². The van der Waals surface area contributed by atoms with Gasteiger partial charge in [0.15, 0.2) is 5.96 Å². The second-order valence-electron chi connectivity index (χ2n) is 6.62. The molecule has 1 aliphatic heterocycles. The van der Waals surface area contributed by atoms with Gasteiger partial charge < -0.3 is 20.3 Å². The fraction of sp³-hybridized carbons (Fsp3) is 0.611. The quantitative estimate of drug-likeness (QED) is 0.403. The minimum Gasteiger partial charge on any atom is -0.490 e. The van der Waals surface area contributed by atoms with E-state index in [0.717, 1.165) is 50.7 Å². The van der Waals surface area contributed by atoms with E-state index in [1.54, 1.807) is 19.4 Å². The van der Waals surface area contributed by atoms with Crippen molar-refractivity contribution in [3.8, 4) is 5.75 Å². The lowest BCUT2D eigenvalue weighted by Gasteiger charge is -2.36. The van der Waals surface area contributed by atoms with Crippen molar-refractivity contribution in [2.75, 3.05) is 52.9 Å². The molecule has 1 saturated heterocycles. The van der Waals surface area contributed by atoms with Gasteiger partial charge in [0, 0.05) is 45.5 Å². The fourth-order valence-electron chi connectivity index (χ4n) is 2.92. The third kappa shape index (κ3) is 5.87. The maximum atomic E-state index is 11.9. The summed E-state index contributed by atoms with van der Waals surface area (Å²) >= 11 is 0. The number of nitrogens with one attached hydrogen (secondary N) is 2. The zero-order valence-corrected chi connectivity index (χ0v) is 15.4. The maximum Gasteiger partial charge on any atom is 0.234 e. The van der Waals surface area contributed by atoms with E-state index < -0.39 is 0 Å². The first-order chi connectivity index (χ1) is 12.7. The Kier molecular flexibility index (Phi) is 6.65. The van der Waals surface area contributed by atoms with Gasteiger partial charge in [-0.05, 0) is 25.0 Å². The first-order valence-electron chi connectivity index (χ1n) is 9.25. The van der Waals surface area contributed by atoms with Gasteiger partial charge in [0.1, 0.15) is 12.4 Å². The molecule has 8 heteroatoms. The summed E-state index contributed by atoms with van der Waals surface area (Å²) in [4.78, 5) is 24.7. The van der Waals surface area contributed by atoms with Gasteiger partial charge in [-0.3, -0.25) is 19.7 Å². The average Bonchev–Trinajstić information content (AvgIpc) is 3.47. The summed E-state index contributed by atoms with van der Waals surface area (Å²) < 4.78 is 5.63. The molecule has 2 aliphatic rings. The van der Waals surface area contributed by atoms with Crippen LogP contribution in [-0.2, 0) is 4.79 Å². The lowest BCUT2D eigenvalue weighted by Crippen LogP contribution is -2.54. The van der Waals surface area contributed by atoms with Crippen molar-refractivity contribution in [3.05, 3.63) is 24.5 Å². The second kappa shape index (κ2) is 9.38. The molecule has 1 aromatic rings. The lowest BCUT2D eigenvalue weighted by atomic mass is 10.3. The van der Waals surface area contributed by atoms with Crippen LogP contribution in [0.25, 0.3) is 0 Å². The van der Waals surface area contributed by atoms with Crippen molar-refractivity contribution in [1.29, 1.82) is 0 Å². The number of amides is 1. The summed E-state index contributed by atoms with van der Waals surface area (Å²) in [7, 11) is 1.79. The molecule has 3 rings (SSSR count). The summed E-state index contributed by atoms with van der Waals surface area (Å²) in [5.41, 5.74) is 0. The molecule has 1 amide bonds. The molecule has 0 atom stereocenters. The second-order valence-corrected chi connectivity index (χ2v) is 6.62. The van der Waals surface area contributed by atoms with E-state index in [0.29, 0.717) is 25.7 Å². The molecular formula is C18H28N6O2. The van der Waals surface area contributed by atoms with E-state index >= 15 is 0 Å². The highest BCUT2D eigenvalue weighted by molar-refractivity contribution is 5.80. The Morgan fingerprint density at radius 1 is 1.35 bits per heavy atom. The minimum absolute atomic E-state index is 0.149. The normalized spacial score (nSPS) is 18.5. The van der Waals surface area contributed by atoms with Crippen LogP contribution in [0.3, 0.4) is 0 Å². The number of carbonyl (C=O) groups is 1. The standard InChI is InChI=1S/C18H28N6O2/c1-19-18(21-7-12-26-16-3-2-6-20-13-16)24-10-8-23(9-11-24)14-17(25)22-15-4-5-15/h2-3,6,13,15H,4-5,7-12,14H2,1H3,(H,19,21)(H,22,25). The average molecular weight is 360 g/mol. The molecule has 0 bridgehead atoms. The van der Waals surface area contributed by atoms with E-state index in [9.17, 15) is 4.79 Å². The summed E-state index contributed by atoms with van der Waals surface area (Å²) in [6.07, 6.45) is 5.69. The molecule has 8 nitrogen and oxygen atoms in total. The summed E-state index contributed by atoms with van der Waals surface area (Å²) in [5, 5.41) is 6.38. The number of carbonyl (C=O) groups excluding carboxylic acids is 1. The van der Waals surface area contributed by atoms with E-state index in [2.05, 4.69) is 30.4 Å². The number of hydrogen-bond donors (Lipinski definition) is 2. The summed E-state index contributed by atoms with van der Waals surface area (Å²) in [5.74, 6) is 1.79. The smallest absolute Gasteiger partial charge is 0.234 e. The summed E-state index contributed by atoms with van der Waals surface area (Å²) in [6, 6.07) is 4.17.